The number of methoxy groups -OCH3 is 1. The highest BCUT2D eigenvalue weighted by molar-refractivity contribution is 6.52. The third-order valence-corrected chi connectivity index (χ3v) is 6.18. The first kappa shape index (κ1) is 23.2. The molecule has 0 bridgehead atoms. The average molecular weight is 486 g/mol. The fraction of sp³-hybridized carbons (Fsp3) is 0.143. The number of aliphatic hydroxyl groups is 1. The number of rotatable bonds is 6. The molecule has 1 saturated heterocycles. The topological polar surface area (TPSA) is 91.9 Å². The lowest BCUT2D eigenvalue weighted by Crippen LogP contribution is -2.29. The van der Waals surface area contributed by atoms with Crippen LogP contribution in [-0.2, 0) is 9.59 Å². The molecule has 1 aliphatic rings. The van der Waals surface area contributed by atoms with Gasteiger partial charge in [0.2, 0.25) is 0 Å². The molecular weight excluding hydrogens is 463 g/mol. The van der Waals surface area contributed by atoms with Crippen molar-refractivity contribution in [3.8, 4) is 11.5 Å². The summed E-state index contributed by atoms with van der Waals surface area (Å²) in [6, 6.07) is 16.9. The number of para-hydroxylation sites is 1. The van der Waals surface area contributed by atoms with Crippen LogP contribution >= 0.6 is 0 Å². The van der Waals surface area contributed by atoms with Crippen molar-refractivity contribution in [1.82, 2.24) is 4.98 Å². The molecule has 2 heterocycles. The minimum absolute atomic E-state index is 0.0246. The first-order valence-corrected chi connectivity index (χ1v) is 11.4. The number of Topliss-reactive ketones (excluding diaryl/α,β-unsaturated/α-hetero) is 1. The summed E-state index contributed by atoms with van der Waals surface area (Å²) in [5.41, 5.74) is 1.62. The van der Waals surface area contributed by atoms with E-state index in [0.717, 1.165) is 17.0 Å². The standard InChI is InChI=1S/C28H23FN2O5/c1-3-36-18-8-6-7-17(14-18)31-25(21-15-30-22-10-5-4-9-19(21)22)24(27(33)28(31)34)26(32)20-13-16(29)11-12-23(20)35-2/h4-15,25,30,32H,3H2,1-2H3/b26-24+. The number of ether oxygens (including phenoxy) is 2. The summed E-state index contributed by atoms with van der Waals surface area (Å²) < 4.78 is 25.1. The van der Waals surface area contributed by atoms with Gasteiger partial charge in [-0.05, 0) is 43.3 Å². The van der Waals surface area contributed by atoms with Gasteiger partial charge < -0.3 is 19.6 Å². The molecule has 1 aromatic heterocycles. The third kappa shape index (κ3) is 3.76. The zero-order chi connectivity index (χ0) is 25.4. The number of carbonyl (C=O) groups excluding carboxylic acids is 2. The van der Waals surface area contributed by atoms with E-state index in [0.29, 0.717) is 23.6 Å². The van der Waals surface area contributed by atoms with E-state index in [1.165, 1.54) is 24.1 Å². The highest BCUT2D eigenvalue weighted by Crippen LogP contribution is 2.45. The second kappa shape index (κ2) is 9.22. The largest absolute Gasteiger partial charge is 0.507 e. The molecule has 0 saturated carbocycles. The zero-order valence-corrected chi connectivity index (χ0v) is 19.6. The molecule has 3 aromatic carbocycles. The van der Waals surface area contributed by atoms with Gasteiger partial charge in [-0.25, -0.2) is 4.39 Å². The van der Waals surface area contributed by atoms with Crippen LogP contribution in [0.4, 0.5) is 10.1 Å². The number of aliphatic hydroxyl groups excluding tert-OH is 1. The zero-order valence-electron chi connectivity index (χ0n) is 19.6. The van der Waals surface area contributed by atoms with Crippen molar-refractivity contribution in [2.45, 2.75) is 13.0 Å². The second-order valence-corrected chi connectivity index (χ2v) is 8.23. The van der Waals surface area contributed by atoms with E-state index < -0.39 is 29.3 Å². The average Bonchev–Trinajstić information content (AvgIpc) is 3.42. The number of aromatic amines is 1. The smallest absolute Gasteiger partial charge is 0.300 e. The van der Waals surface area contributed by atoms with E-state index >= 15 is 0 Å². The number of nitrogens with zero attached hydrogens (tertiary/aromatic N) is 1. The molecular formula is C28H23FN2O5. The van der Waals surface area contributed by atoms with E-state index in [-0.39, 0.29) is 16.9 Å². The van der Waals surface area contributed by atoms with Crippen LogP contribution in [0.15, 0.2) is 78.5 Å². The molecule has 1 amide bonds. The molecule has 1 aliphatic heterocycles. The van der Waals surface area contributed by atoms with E-state index in [1.54, 1.807) is 30.5 Å². The van der Waals surface area contributed by atoms with E-state index in [9.17, 15) is 19.1 Å². The number of hydrogen-bond acceptors (Lipinski definition) is 5. The molecule has 2 N–H and O–H groups in total. The fourth-order valence-corrected chi connectivity index (χ4v) is 4.61. The molecule has 1 unspecified atom stereocenters. The number of aromatic nitrogens is 1. The van der Waals surface area contributed by atoms with Gasteiger partial charge in [-0.1, -0.05) is 24.3 Å². The quantitative estimate of drug-likeness (QED) is 0.218. The van der Waals surface area contributed by atoms with Crippen LogP contribution in [0.25, 0.3) is 16.7 Å². The Kier molecular flexibility index (Phi) is 5.93. The summed E-state index contributed by atoms with van der Waals surface area (Å²) in [6.07, 6.45) is 1.71. The maximum Gasteiger partial charge on any atom is 0.300 e. The molecule has 36 heavy (non-hydrogen) atoms. The van der Waals surface area contributed by atoms with E-state index in [1.807, 2.05) is 31.2 Å². The van der Waals surface area contributed by atoms with Crippen LogP contribution in [0.1, 0.15) is 24.1 Å². The number of hydrogen-bond donors (Lipinski definition) is 2. The predicted molar refractivity (Wildman–Crippen MR) is 134 cm³/mol. The van der Waals surface area contributed by atoms with E-state index in [4.69, 9.17) is 9.47 Å². The van der Waals surface area contributed by atoms with Gasteiger partial charge in [-0.3, -0.25) is 14.5 Å². The number of carbonyl (C=O) groups is 2. The molecule has 0 aliphatic carbocycles. The number of ketones is 1. The Hall–Kier alpha value is -4.59. The lowest BCUT2D eigenvalue weighted by atomic mass is 9.94. The summed E-state index contributed by atoms with van der Waals surface area (Å²) in [6.45, 7) is 2.27. The number of anilines is 1. The van der Waals surface area contributed by atoms with Crippen molar-refractivity contribution in [3.05, 3.63) is 95.4 Å². The Labute approximate surface area is 206 Å². The number of halogens is 1. The van der Waals surface area contributed by atoms with Gasteiger partial charge in [-0.15, -0.1) is 0 Å². The maximum absolute atomic E-state index is 14.2. The van der Waals surface area contributed by atoms with Gasteiger partial charge in [0.05, 0.1) is 30.9 Å². The van der Waals surface area contributed by atoms with Crippen LogP contribution in [0.3, 0.4) is 0 Å². The molecule has 4 aromatic rings. The highest BCUT2D eigenvalue weighted by Gasteiger charge is 2.48. The van der Waals surface area contributed by atoms with Crippen molar-refractivity contribution in [1.29, 1.82) is 0 Å². The number of nitrogens with one attached hydrogen (secondary N) is 1. The van der Waals surface area contributed by atoms with Crippen LogP contribution in [0.5, 0.6) is 11.5 Å². The number of H-pyrrole nitrogens is 1. The normalized spacial score (nSPS) is 17.1. The van der Waals surface area contributed by atoms with Crippen molar-refractivity contribution in [3.63, 3.8) is 0 Å². The molecule has 0 spiro atoms. The maximum atomic E-state index is 14.2. The van der Waals surface area contributed by atoms with Gasteiger partial charge in [0.15, 0.2) is 0 Å². The molecule has 7 nitrogen and oxygen atoms in total. The van der Waals surface area contributed by atoms with Crippen molar-refractivity contribution >= 4 is 34.0 Å². The monoisotopic (exact) mass is 486 g/mol. The van der Waals surface area contributed by atoms with Gasteiger partial charge in [0.25, 0.3) is 11.7 Å². The predicted octanol–water partition coefficient (Wildman–Crippen LogP) is 5.34. The molecule has 8 heteroatoms. The Balaban J connectivity index is 1.79. The minimum atomic E-state index is -0.994. The van der Waals surface area contributed by atoms with Gasteiger partial charge in [0.1, 0.15) is 23.1 Å². The first-order valence-electron chi connectivity index (χ1n) is 11.4. The SMILES string of the molecule is CCOc1cccc(N2C(=O)C(=O)/C(=C(/O)c3cc(F)ccc3OC)C2c2c[nH]c3ccccc23)c1. The molecule has 182 valence electrons. The Bertz CT molecular complexity index is 1520. The van der Waals surface area contributed by atoms with Gasteiger partial charge in [-0.2, -0.15) is 0 Å². The molecule has 1 fully saturated rings. The fourth-order valence-electron chi connectivity index (χ4n) is 4.61. The van der Waals surface area contributed by atoms with Crippen molar-refractivity contribution in [2.75, 3.05) is 18.6 Å². The number of fused-ring (bicyclic) bond motifs is 1. The van der Waals surface area contributed by atoms with Gasteiger partial charge in [0, 0.05) is 34.4 Å². The first-order chi connectivity index (χ1) is 17.4. The summed E-state index contributed by atoms with van der Waals surface area (Å²) in [5, 5.41) is 12.2. The number of benzene rings is 3. The number of amides is 1. The summed E-state index contributed by atoms with van der Waals surface area (Å²) >= 11 is 0. The molecule has 1 atom stereocenters. The Morgan fingerprint density at radius 3 is 2.67 bits per heavy atom. The lowest BCUT2D eigenvalue weighted by Gasteiger charge is -2.25. The summed E-state index contributed by atoms with van der Waals surface area (Å²) in [5.74, 6) is -2.17. The van der Waals surface area contributed by atoms with Crippen molar-refractivity contribution in [2.24, 2.45) is 0 Å². The highest BCUT2D eigenvalue weighted by atomic mass is 19.1. The third-order valence-electron chi connectivity index (χ3n) is 6.18. The molecule has 0 radical (unpaired) electrons. The van der Waals surface area contributed by atoms with Gasteiger partial charge >= 0.3 is 0 Å². The Morgan fingerprint density at radius 2 is 1.89 bits per heavy atom. The lowest BCUT2D eigenvalue weighted by molar-refractivity contribution is -0.132. The Morgan fingerprint density at radius 1 is 1.08 bits per heavy atom. The minimum Gasteiger partial charge on any atom is -0.507 e. The van der Waals surface area contributed by atoms with Crippen LogP contribution in [0.2, 0.25) is 0 Å². The van der Waals surface area contributed by atoms with Crippen LogP contribution in [-0.4, -0.2) is 35.5 Å². The van der Waals surface area contributed by atoms with Crippen molar-refractivity contribution < 1.29 is 28.6 Å². The second-order valence-electron chi connectivity index (χ2n) is 8.23. The summed E-state index contributed by atoms with van der Waals surface area (Å²) in [4.78, 5) is 31.4. The van der Waals surface area contributed by atoms with Crippen LogP contribution < -0.4 is 14.4 Å². The summed E-state index contributed by atoms with van der Waals surface area (Å²) in [7, 11) is 1.37. The van der Waals surface area contributed by atoms with Crippen LogP contribution in [0, 0.1) is 5.82 Å². The van der Waals surface area contributed by atoms with E-state index in [2.05, 4.69) is 4.98 Å². The molecule has 5 rings (SSSR count).